The van der Waals surface area contributed by atoms with E-state index in [0.29, 0.717) is 66.5 Å². The third kappa shape index (κ3) is 12.5. The molecule has 61 heavy (non-hydrogen) atoms. The maximum absolute atomic E-state index is 13.8. The van der Waals surface area contributed by atoms with Gasteiger partial charge >= 0.3 is 11.9 Å². The van der Waals surface area contributed by atoms with Crippen LogP contribution < -0.4 is 10.1 Å². The minimum absolute atomic E-state index is 0.0112. The average Bonchev–Trinajstić information content (AvgIpc) is 3.74. The van der Waals surface area contributed by atoms with Crippen LogP contribution in [0.3, 0.4) is 0 Å². The predicted molar refractivity (Wildman–Crippen MR) is 229 cm³/mol. The van der Waals surface area contributed by atoms with E-state index in [0.717, 1.165) is 64.7 Å². The second kappa shape index (κ2) is 21.5. The molecule has 3 fully saturated rings. The monoisotopic (exact) mass is 861 g/mol. The Balaban J connectivity index is 1.02. The fourth-order valence-corrected chi connectivity index (χ4v) is 8.94. The number of likely N-dealkylation sites (tertiary alicyclic amines) is 3. The first-order chi connectivity index (χ1) is 29.4. The number of halogens is 1. The molecule has 3 N–H and O–H groups in total. The van der Waals surface area contributed by atoms with Crippen LogP contribution in [0.25, 0.3) is 0 Å². The standard InChI is InChI=1S/C46H60ClN5O9/c1-45(32-53,44(57)58)49-26-36-22-39(47)35(23-40(36)61-29-34-21-37(25-48-24-34)43(56)59-2)12-13-42(55)52-19-8-16-46(31-52)15-7-18-51(30-46)41(54)11-6-17-50-20-14-38(27-50)60-28-33-9-4-3-5-10-33/h3-5,9-10,21-25,38,49,53H,6-8,11-20,26-32H2,1-2H3,(H,57,58)/t38-,45+,46?/m1/s1. The SMILES string of the molecule is COC(=O)c1cncc(COc2cc(CCC(=O)N3CCCC4(CCCN(C(=O)CCCN5CC[C@@H](OCc6ccccc6)C5)C4)C3)c(Cl)cc2CN[C@@](C)(CO)C(=O)O)c1. The Morgan fingerprint density at radius 1 is 0.934 bits per heavy atom. The van der Waals surface area contributed by atoms with Crippen LogP contribution in [0.15, 0.2) is 60.9 Å². The number of hydrogen-bond donors (Lipinski definition) is 3. The number of carboxylic acid groups (broad SMARTS) is 1. The van der Waals surface area contributed by atoms with Crippen molar-refractivity contribution in [3.8, 4) is 5.75 Å². The molecule has 1 aromatic heterocycles. The zero-order valence-electron chi connectivity index (χ0n) is 35.4. The number of piperidine rings is 2. The van der Waals surface area contributed by atoms with Gasteiger partial charge in [0, 0.05) is 92.6 Å². The lowest BCUT2D eigenvalue weighted by atomic mass is 9.73. The molecule has 15 heteroatoms. The maximum Gasteiger partial charge on any atom is 0.339 e. The quantitative estimate of drug-likeness (QED) is 0.134. The van der Waals surface area contributed by atoms with E-state index in [-0.39, 0.29) is 48.5 Å². The number of carbonyl (C=O) groups is 4. The number of aliphatic carboxylic acids is 1. The van der Waals surface area contributed by atoms with Gasteiger partial charge in [-0.1, -0.05) is 41.9 Å². The summed E-state index contributed by atoms with van der Waals surface area (Å²) in [5, 5.41) is 22.8. The van der Waals surface area contributed by atoms with Gasteiger partial charge in [-0.05, 0) is 87.7 Å². The van der Waals surface area contributed by atoms with E-state index in [1.54, 1.807) is 24.4 Å². The molecule has 3 saturated heterocycles. The lowest BCUT2D eigenvalue weighted by Crippen LogP contribution is -2.54. The molecule has 0 bridgehead atoms. The highest BCUT2D eigenvalue weighted by Gasteiger charge is 2.41. The number of carboxylic acids is 1. The Kier molecular flexibility index (Phi) is 16.2. The number of benzene rings is 2. The molecule has 1 unspecified atom stereocenters. The summed E-state index contributed by atoms with van der Waals surface area (Å²) < 4.78 is 17.2. The van der Waals surface area contributed by atoms with Crippen LogP contribution in [0.1, 0.15) is 90.9 Å². The molecular weight excluding hydrogens is 802 g/mol. The van der Waals surface area contributed by atoms with Gasteiger partial charge in [-0.2, -0.15) is 0 Å². The van der Waals surface area contributed by atoms with Gasteiger partial charge < -0.3 is 39.1 Å². The third-order valence-corrected chi connectivity index (χ3v) is 12.7. The van der Waals surface area contributed by atoms with Crippen LogP contribution >= 0.6 is 11.6 Å². The fraction of sp³-hybridized carbons (Fsp3) is 0.543. The van der Waals surface area contributed by atoms with Crippen LogP contribution in [0, 0.1) is 5.41 Å². The van der Waals surface area contributed by atoms with Crippen molar-refractivity contribution in [2.45, 2.75) is 96.1 Å². The number of aliphatic hydroxyl groups excluding tert-OH is 1. The highest BCUT2D eigenvalue weighted by atomic mass is 35.5. The lowest BCUT2D eigenvalue weighted by Gasteiger charge is -2.48. The van der Waals surface area contributed by atoms with Crippen LogP contribution in [0.2, 0.25) is 5.02 Å². The van der Waals surface area contributed by atoms with E-state index in [9.17, 15) is 29.4 Å². The number of methoxy groups -OCH3 is 1. The van der Waals surface area contributed by atoms with Gasteiger partial charge in [0.2, 0.25) is 11.8 Å². The molecule has 1 spiro atoms. The topological polar surface area (TPSA) is 171 Å². The largest absolute Gasteiger partial charge is 0.489 e. The van der Waals surface area contributed by atoms with Crippen LogP contribution in [0.4, 0.5) is 0 Å². The second-order valence-electron chi connectivity index (χ2n) is 17.0. The maximum atomic E-state index is 13.8. The zero-order valence-corrected chi connectivity index (χ0v) is 36.2. The van der Waals surface area contributed by atoms with Crippen molar-refractivity contribution < 1.29 is 43.6 Å². The van der Waals surface area contributed by atoms with Gasteiger partial charge in [-0.3, -0.25) is 24.7 Å². The highest BCUT2D eigenvalue weighted by molar-refractivity contribution is 6.31. The number of nitrogens with one attached hydrogen (secondary N) is 1. The molecule has 4 heterocycles. The summed E-state index contributed by atoms with van der Waals surface area (Å²) in [4.78, 5) is 61.8. The van der Waals surface area contributed by atoms with Crippen molar-refractivity contribution in [3.63, 3.8) is 0 Å². The van der Waals surface area contributed by atoms with Gasteiger partial charge in [0.25, 0.3) is 0 Å². The van der Waals surface area contributed by atoms with Gasteiger partial charge in [-0.15, -0.1) is 0 Å². The number of pyridine rings is 1. The van der Waals surface area contributed by atoms with E-state index in [2.05, 4.69) is 27.3 Å². The number of carbonyl (C=O) groups excluding carboxylic acids is 3. The van der Waals surface area contributed by atoms with Crippen molar-refractivity contribution in [1.29, 1.82) is 0 Å². The van der Waals surface area contributed by atoms with Gasteiger partial charge in [0.15, 0.2) is 0 Å². The van der Waals surface area contributed by atoms with Crippen molar-refractivity contribution in [3.05, 3.63) is 93.8 Å². The summed E-state index contributed by atoms with van der Waals surface area (Å²) in [6.07, 6.45) is 9.85. The van der Waals surface area contributed by atoms with Gasteiger partial charge in [0.1, 0.15) is 17.9 Å². The lowest BCUT2D eigenvalue weighted by molar-refractivity contribution is -0.146. The predicted octanol–water partition coefficient (Wildman–Crippen LogP) is 5.26. The molecule has 2 aromatic carbocycles. The Hall–Kier alpha value is -4.60. The molecule has 6 rings (SSSR count). The summed E-state index contributed by atoms with van der Waals surface area (Å²) in [5.41, 5.74) is 1.54. The first-order valence-electron chi connectivity index (χ1n) is 21.4. The molecule has 0 saturated carbocycles. The zero-order chi connectivity index (χ0) is 43.4. The number of esters is 1. The summed E-state index contributed by atoms with van der Waals surface area (Å²) in [7, 11) is 1.29. The number of amides is 2. The first-order valence-corrected chi connectivity index (χ1v) is 21.8. The number of aromatic nitrogens is 1. The third-order valence-electron chi connectivity index (χ3n) is 12.4. The fourth-order valence-electron chi connectivity index (χ4n) is 8.66. The Morgan fingerprint density at radius 2 is 1.66 bits per heavy atom. The van der Waals surface area contributed by atoms with Crippen molar-refractivity contribution in [1.82, 2.24) is 25.0 Å². The minimum atomic E-state index is -1.61. The summed E-state index contributed by atoms with van der Waals surface area (Å²) in [5.74, 6) is -1.14. The Morgan fingerprint density at radius 3 is 2.34 bits per heavy atom. The molecule has 14 nitrogen and oxygen atoms in total. The second-order valence-corrected chi connectivity index (χ2v) is 17.4. The van der Waals surface area contributed by atoms with Gasteiger partial charge in [0.05, 0.1) is 32.0 Å². The van der Waals surface area contributed by atoms with Crippen molar-refractivity contribution in [2.75, 3.05) is 59.5 Å². The van der Waals surface area contributed by atoms with E-state index in [1.165, 1.54) is 25.8 Å². The Labute approximate surface area is 363 Å². The molecule has 3 atom stereocenters. The van der Waals surface area contributed by atoms with E-state index >= 15 is 0 Å². The molecule has 3 aliphatic heterocycles. The average molecular weight is 862 g/mol. The molecule has 0 aliphatic carbocycles. The number of aryl methyl sites for hydroxylation is 1. The molecule has 3 aromatic rings. The first kappa shape index (κ1) is 45.9. The van der Waals surface area contributed by atoms with E-state index in [1.807, 2.05) is 28.0 Å². The number of rotatable bonds is 19. The number of aliphatic hydroxyl groups is 1. The summed E-state index contributed by atoms with van der Waals surface area (Å²) in [6.45, 7) is 6.87. The highest BCUT2D eigenvalue weighted by Crippen LogP contribution is 2.39. The number of hydrogen-bond acceptors (Lipinski definition) is 11. The van der Waals surface area contributed by atoms with E-state index < -0.39 is 24.1 Å². The smallest absolute Gasteiger partial charge is 0.339 e. The van der Waals surface area contributed by atoms with Crippen LogP contribution in [0.5, 0.6) is 5.75 Å². The summed E-state index contributed by atoms with van der Waals surface area (Å²) in [6, 6.07) is 15.3. The Bertz CT molecular complexity index is 1980. The number of nitrogens with zero attached hydrogens (tertiary/aromatic N) is 4. The summed E-state index contributed by atoms with van der Waals surface area (Å²) >= 11 is 6.80. The van der Waals surface area contributed by atoms with Crippen molar-refractivity contribution in [2.24, 2.45) is 5.41 Å². The van der Waals surface area contributed by atoms with Crippen LogP contribution in [-0.2, 0) is 50.0 Å². The molecule has 2 amide bonds. The minimum Gasteiger partial charge on any atom is -0.489 e. The van der Waals surface area contributed by atoms with E-state index in [4.69, 9.17) is 25.8 Å². The normalized spacial score (nSPS) is 20.4. The van der Waals surface area contributed by atoms with Crippen molar-refractivity contribution >= 4 is 35.4 Å². The number of ether oxygens (including phenoxy) is 3. The molecular formula is C46H60ClN5O9. The molecule has 0 radical (unpaired) electrons. The molecule has 330 valence electrons. The van der Waals surface area contributed by atoms with Crippen LogP contribution in [-0.4, -0.2) is 125 Å². The molecule has 3 aliphatic rings. The van der Waals surface area contributed by atoms with Gasteiger partial charge in [-0.25, -0.2) is 4.79 Å².